The van der Waals surface area contributed by atoms with Crippen molar-refractivity contribution in [3.05, 3.63) is 47.3 Å². The van der Waals surface area contributed by atoms with Gasteiger partial charge in [0.05, 0.1) is 17.0 Å². The Bertz CT molecular complexity index is 745. The van der Waals surface area contributed by atoms with Gasteiger partial charge in [0.25, 0.3) is 0 Å². The van der Waals surface area contributed by atoms with Gasteiger partial charge in [0, 0.05) is 23.7 Å². The van der Waals surface area contributed by atoms with Crippen LogP contribution in [0.3, 0.4) is 0 Å². The molecule has 4 rings (SSSR count). The van der Waals surface area contributed by atoms with Gasteiger partial charge < -0.3 is 4.90 Å². The standard InChI is InChI=1S/C19H23N3OS/c1-13-10-14(2)22(20-13)16-7-5-9-21(12-16)19(23)18-11-15-6-3-4-8-17(15)24-18/h3-4,6,8,10,16,18H,5,7,9,11-12H2,1-2H3/t16-,18+/m0/s1. The number of likely N-dealkylation sites (tertiary alicyclic amines) is 1. The van der Waals surface area contributed by atoms with E-state index in [2.05, 4.69) is 51.9 Å². The fourth-order valence-electron chi connectivity index (χ4n) is 3.89. The lowest BCUT2D eigenvalue weighted by Gasteiger charge is -2.34. The first-order valence-corrected chi connectivity index (χ1v) is 9.56. The van der Waals surface area contributed by atoms with Crippen molar-refractivity contribution in [1.29, 1.82) is 0 Å². The molecule has 0 unspecified atom stereocenters. The minimum Gasteiger partial charge on any atom is -0.340 e. The highest BCUT2D eigenvalue weighted by Gasteiger charge is 2.34. The highest BCUT2D eigenvalue weighted by molar-refractivity contribution is 8.01. The molecule has 1 fully saturated rings. The van der Waals surface area contributed by atoms with E-state index in [0.29, 0.717) is 11.9 Å². The molecule has 2 aromatic rings. The van der Waals surface area contributed by atoms with E-state index in [-0.39, 0.29) is 5.25 Å². The van der Waals surface area contributed by atoms with E-state index in [0.717, 1.165) is 38.0 Å². The minimum absolute atomic E-state index is 0.0432. The molecule has 0 radical (unpaired) electrons. The molecular weight excluding hydrogens is 318 g/mol. The van der Waals surface area contributed by atoms with Gasteiger partial charge in [-0.3, -0.25) is 9.48 Å². The number of hydrogen-bond donors (Lipinski definition) is 0. The van der Waals surface area contributed by atoms with E-state index in [1.165, 1.54) is 16.2 Å². The monoisotopic (exact) mass is 341 g/mol. The van der Waals surface area contributed by atoms with Crippen molar-refractivity contribution in [3.63, 3.8) is 0 Å². The van der Waals surface area contributed by atoms with Gasteiger partial charge in [0.1, 0.15) is 0 Å². The lowest BCUT2D eigenvalue weighted by Crippen LogP contribution is -2.44. The number of nitrogens with zero attached hydrogens (tertiary/aromatic N) is 3. The first-order valence-electron chi connectivity index (χ1n) is 8.68. The maximum Gasteiger partial charge on any atom is 0.236 e. The van der Waals surface area contributed by atoms with Crippen molar-refractivity contribution < 1.29 is 4.79 Å². The first kappa shape index (κ1) is 15.8. The van der Waals surface area contributed by atoms with Crippen molar-refractivity contribution in [3.8, 4) is 0 Å². The number of carbonyl (C=O) groups excluding carboxylic acids is 1. The molecule has 1 aromatic carbocycles. The minimum atomic E-state index is 0.0432. The van der Waals surface area contributed by atoms with Crippen LogP contribution in [0.4, 0.5) is 0 Å². The molecule has 0 spiro atoms. The summed E-state index contributed by atoms with van der Waals surface area (Å²) in [6.45, 7) is 5.79. The number of fused-ring (bicyclic) bond motifs is 1. The van der Waals surface area contributed by atoms with Gasteiger partial charge in [-0.25, -0.2) is 0 Å². The SMILES string of the molecule is Cc1cc(C)n([C@H]2CCCN(C(=O)[C@H]3Cc4ccccc4S3)C2)n1. The molecule has 4 nitrogen and oxygen atoms in total. The first-order chi connectivity index (χ1) is 11.6. The number of piperidine rings is 1. The summed E-state index contributed by atoms with van der Waals surface area (Å²) in [5.74, 6) is 0.294. The predicted molar refractivity (Wildman–Crippen MR) is 96.3 cm³/mol. The molecule has 0 saturated carbocycles. The summed E-state index contributed by atoms with van der Waals surface area (Å²) in [7, 11) is 0. The maximum atomic E-state index is 13.0. The summed E-state index contributed by atoms with van der Waals surface area (Å²) in [6, 6.07) is 10.8. The fraction of sp³-hybridized carbons (Fsp3) is 0.474. The summed E-state index contributed by atoms with van der Waals surface area (Å²) < 4.78 is 2.12. The van der Waals surface area contributed by atoms with E-state index in [1.54, 1.807) is 11.8 Å². The number of thioether (sulfide) groups is 1. The second kappa shape index (κ2) is 6.28. The van der Waals surface area contributed by atoms with Crippen LogP contribution in [0.5, 0.6) is 0 Å². The second-order valence-electron chi connectivity index (χ2n) is 6.87. The summed E-state index contributed by atoms with van der Waals surface area (Å²) >= 11 is 1.73. The fourth-order valence-corrected chi connectivity index (χ4v) is 5.17. The molecule has 2 atom stereocenters. The molecule has 1 saturated heterocycles. The van der Waals surface area contributed by atoms with Crippen LogP contribution in [0.25, 0.3) is 0 Å². The molecule has 5 heteroatoms. The molecule has 24 heavy (non-hydrogen) atoms. The topological polar surface area (TPSA) is 38.1 Å². The van der Waals surface area contributed by atoms with Crippen LogP contribution in [-0.2, 0) is 11.2 Å². The number of amides is 1. The smallest absolute Gasteiger partial charge is 0.236 e. The van der Waals surface area contributed by atoms with E-state index < -0.39 is 0 Å². The lowest BCUT2D eigenvalue weighted by molar-refractivity contribution is -0.132. The van der Waals surface area contributed by atoms with Crippen molar-refractivity contribution in [2.75, 3.05) is 13.1 Å². The summed E-state index contributed by atoms with van der Waals surface area (Å²) in [6.07, 6.45) is 3.02. The maximum absolute atomic E-state index is 13.0. The zero-order chi connectivity index (χ0) is 16.7. The van der Waals surface area contributed by atoms with Gasteiger partial charge in [-0.2, -0.15) is 5.10 Å². The van der Waals surface area contributed by atoms with Crippen molar-refractivity contribution in [2.24, 2.45) is 0 Å². The number of aryl methyl sites for hydroxylation is 2. The lowest BCUT2D eigenvalue weighted by atomic mass is 10.0. The van der Waals surface area contributed by atoms with Gasteiger partial charge in [-0.1, -0.05) is 18.2 Å². The van der Waals surface area contributed by atoms with Crippen LogP contribution in [0.15, 0.2) is 35.2 Å². The van der Waals surface area contributed by atoms with E-state index >= 15 is 0 Å². The zero-order valence-electron chi connectivity index (χ0n) is 14.2. The Morgan fingerprint density at radius 3 is 2.88 bits per heavy atom. The van der Waals surface area contributed by atoms with Gasteiger partial charge in [0.2, 0.25) is 5.91 Å². The van der Waals surface area contributed by atoms with Gasteiger partial charge in [-0.15, -0.1) is 11.8 Å². The van der Waals surface area contributed by atoms with Gasteiger partial charge in [-0.05, 0) is 50.8 Å². The molecule has 1 aromatic heterocycles. The van der Waals surface area contributed by atoms with Gasteiger partial charge >= 0.3 is 0 Å². The van der Waals surface area contributed by atoms with Crippen LogP contribution in [0.1, 0.15) is 35.8 Å². The molecule has 0 bridgehead atoms. The Labute approximate surface area is 147 Å². The summed E-state index contributed by atoms with van der Waals surface area (Å²) in [5, 5.41) is 4.67. The molecule has 3 heterocycles. The molecule has 126 valence electrons. The summed E-state index contributed by atoms with van der Waals surface area (Å²) in [5.41, 5.74) is 3.56. The Morgan fingerprint density at radius 2 is 2.12 bits per heavy atom. The molecule has 2 aliphatic heterocycles. The highest BCUT2D eigenvalue weighted by atomic mass is 32.2. The Hall–Kier alpha value is -1.75. The van der Waals surface area contributed by atoms with E-state index in [4.69, 9.17) is 0 Å². The molecule has 0 aliphatic carbocycles. The predicted octanol–water partition coefficient (Wildman–Crippen LogP) is 3.38. The van der Waals surface area contributed by atoms with Crippen LogP contribution in [0, 0.1) is 13.8 Å². The third-order valence-corrected chi connectivity index (χ3v) is 6.33. The van der Waals surface area contributed by atoms with Crippen LogP contribution >= 0.6 is 11.8 Å². The number of carbonyl (C=O) groups is 1. The van der Waals surface area contributed by atoms with Gasteiger partial charge in [0.15, 0.2) is 0 Å². The molecule has 1 amide bonds. The Balaban J connectivity index is 1.47. The van der Waals surface area contributed by atoms with E-state index in [9.17, 15) is 4.79 Å². The number of benzene rings is 1. The second-order valence-corrected chi connectivity index (χ2v) is 8.11. The number of aromatic nitrogens is 2. The quantitative estimate of drug-likeness (QED) is 0.840. The van der Waals surface area contributed by atoms with Crippen LogP contribution in [0.2, 0.25) is 0 Å². The third kappa shape index (κ3) is 2.86. The summed E-state index contributed by atoms with van der Waals surface area (Å²) in [4.78, 5) is 16.3. The zero-order valence-corrected chi connectivity index (χ0v) is 15.1. The molecule has 2 aliphatic rings. The van der Waals surface area contributed by atoms with Crippen LogP contribution in [-0.4, -0.2) is 38.9 Å². The average molecular weight is 341 g/mol. The third-order valence-electron chi connectivity index (χ3n) is 5.02. The Morgan fingerprint density at radius 1 is 1.29 bits per heavy atom. The average Bonchev–Trinajstić information content (AvgIpc) is 3.17. The van der Waals surface area contributed by atoms with Crippen LogP contribution < -0.4 is 0 Å². The van der Waals surface area contributed by atoms with Crippen molar-refractivity contribution >= 4 is 17.7 Å². The normalized spacial score (nSPS) is 23.3. The van der Waals surface area contributed by atoms with Crippen molar-refractivity contribution in [1.82, 2.24) is 14.7 Å². The number of rotatable bonds is 2. The largest absolute Gasteiger partial charge is 0.340 e. The number of hydrogen-bond acceptors (Lipinski definition) is 3. The molecular formula is C19H23N3OS. The highest BCUT2D eigenvalue weighted by Crippen LogP contribution is 2.38. The molecule has 0 N–H and O–H groups in total. The van der Waals surface area contributed by atoms with E-state index in [1.807, 2.05) is 6.92 Å². The van der Waals surface area contributed by atoms with Crippen molar-refractivity contribution in [2.45, 2.75) is 49.3 Å². The Kier molecular flexibility index (Phi) is 4.12.